The van der Waals surface area contributed by atoms with Crippen LogP contribution in [-0.4, -0.2) is 24.2 Å². The predicted molar refractivity (Wildman–Crippen MR) is 60.8 cm³/mol. The van der Waals surface area contributed by atoms with Crippen LogP contribution in [0.2, 0.25) is 0 Å². The fraction of sp³-hybridized carbons (Fsp3) is 0.917. The van der Waals surface area contributed by atoms with E-state index in [1.54, 1.807) is 0 Å². The van der Waals surface area contributed by atoms with Crippen molar-refractivity contribution in [2.75, 3.05) is 13.1 Å². The van der Waals surface area contributed by atoms with Gasteiger partial charge in [-0.05, 0) is 37.8 Å². The van der Waals surface area contributed by atoms with Crippen molar-refractivity contribution in [3.63, 3.8) is 0 Å². The van der Waals surface area contributed by atoms with Crippen LogP contribution in [0.1, 0.15) is 39.5 Å². The Morgan fingerprint density at radius 1 is 1.40 bits per heavy atom. The minimum Gasteiger partial charge on any atom is -0.481 e. The standard InChI is InChI=1S/C12H23NO2/c1-9(2)7-13-8-10-5-3-4-6-11(10)12(14)15/h9-11,13H,3-8H2,1-2H3,(H,14,15). The molecule has 2 N–H and O–H groups in total. The quantitative estimate of drug-likeness (QED) is 0.735. The first-order chi connectivity index (χ1) is 7.11. The van der Waals surface area contributed by atoms with E-state index >= 15 is 0 Å². The molecule has 2 atom stereocenters. The second kappa shape index (κ2) is 6.11. The minimum absolute atomic E-state index is 0.113. The number of carboxylic acids is 1. The summed E-state index contributed by atoms with van der Waals surface area (Å²) in [5.74, 6) is 0.260. The third-order valence-corrected chi connectivity index (χ3v) is 3.19. The van der Waals surface area contributed by atoms with Gasteiger partial charge in [0.2, 0.25) is 0 Å². The van der Waals surface area contributed by atoms with Crippen LogP contribution in [0.15, 0.2) is 0 Å². The van der Waals surface area contributed by atoms with E-state index in [0.717, 1.165) is 32.4 Å². The number of hydrogen-bond acceptors (Lipinski definition) is 2. The summed E-state index contributed by atoms with van der Waals surface area (Å²) in [5, 5.41) is 12.5. The Labute approximate surface area is 92.3 Å². The van der Waals surface area contributed by atoms with Crippen molar-refractivity contribution in [2.24, 2.45) is 17.8 Å². The van der Waals surface area contributed by atoms with Gasteiger partial charge in [-0.3, -0.25) is 4.79 Å². The lowest BCUT2D eigenvalue weighted by Gasteiger charge is -2.28. The number of carboxylic acid groups (broad SMARTS) is 1. The maximum atomic E-state index is 11.0. The third-order valence-electron chi connectivity index (χ3n) is 3.19. The van der Waals surface area contributed by atoms with Gasteiger partial charge in [-0.25, -0.2) is 0 Å². The lowest BCUT2D eigenvalue weighted by Crippen LogP contribution is -2.35. The summed E-state index contributed by atoms with van der Waals surface area (Å²) < 4.78 is 0. The number of aliphatic carboxylic acids is 1. The van der Waals surface area contributed by atoms with Gasteiger partial charge in [-0.1, -0.05) is 26.7 Å². The van der Waals surface area contributed by atoms with Gasteiger partial charge in [-0.15, -0.1) is 0 Å². The second-order valence-electron chi connectivity index (χ2n) is 5.04. The molecule has 1 saturated carbocycles. The molecule has 0 aromatic rings. The van der Waals surface area contributed by atoms with E-state index in [4.69, 9.17) is 5.11 Å². The fourth-order valence-corrected chi connectivity index (χ4v) is 2.33. The largest absolute Gasteiger partial charge is 0.481 e. The molecule has 1 aliphatic carbocycles. The van der Waals surface area contributed by atoms with Crippen molar-refractivity contribution in [2.45, 2.75) is 39.5 Å². The van der Waals surface area contributed by atoms with E-state index in [-0.39, 0.29) is 5.92 Å². The molecule has 0 aromatic carbocycles. The van der Waals surface area contributed by atoms with E-state index in [9.17, 15) is 4.79 Å². The molecule has 1 fully saturated rings. The number of carbonyl (C=O) groups is 1. The van der Waals surface area contributed by atoms with Crippen LogP contribution in [0.25, 0.3) is 0 Å². The highest BCUT2D eigenvalue weighted by atomic mass is 16.4. The van der Waals surface area contributed by atoms with Crippen molar-refractivity contribution in [3.05, 3.63) is 0 Å². The smallest absolute Gasteiger partial charge is 0.306 e. The SMILES string of the molecule is CC(C)CNCC1CCCCC1C(=O)O. The van der Waals surface area contributed by atoms with Gasteiger partial charge in [0.25, 0.3) is 0 Å². The van der Waals surface area contributed by atoms with Gasteiger partial charge in [0.15, 0.2) is 0 Å². The number of nitrogens with one attached hydrogen (secondary N) is 1. The monoisotopic (exact) mass is 213 g/mol. The molecule has 15 heavy (non-hydrogen) atoms. The summed E-state index contributed by atoms with van der Waals surface area (Å²) in [6.07, 6.45) is 4.21. The normalized spacial score (nSPS) is 26.9. The van der Waals surface area contributed by atoms with E-state index in [1.807, 2.05) is 0 Å². The molecule has 3 heteroatoms. The van der Waals surface area contributed by atoms with Crippen LogP contribution >= 0.6 is 0 Å². The first kappa shape index (κ1) is 12.5. The van der Waals surface area contributed by atoms with Gasteiger partial charge < -0.3 is 10.4 Å². The van der Waals surface area contributed by atoms with Crippen LogP contribution in [0, 0.1) is 17.8 Å². The highest BCUT2D eigenvalue weighted by Crippen LogP contribution is 2.29. The van der Waals surface area contributed by atoms with Crippen molar-refractivity contribution < 1.29 is 9.90 Å². The zero-order valence-electron chi connectivity index (χ0n) is 9.83. The molecule has 1 aliphatic rings. The third kappa shape index (κ3) is 4.20. The molecule has 1 rings (SSSR count). The molecule has 0 radical (unpaired) electrons. The van der Waals surface area contributed by atoms with E-state index in [1.165, 1.54) is 6.42 Å². The van der Waals surface area contributed by atoms with Crippen LogP contribution in [0.3, 0.4) is 0 Å². The highest BCUT2D eigenvalue weighted by Gasteiger charge is 2.30. The average Bonchev–Trinajstić information content (AvgIpc) is 2.17. The zero-order chi connectivity index (χ0) is 11.3. The zero-order valence-corrected chi connectivity index (χ0v) is 9.83. The summed E-state index contributed by atoms with van der Waals surface area (Å²) in [6, 6.07) is 0. The molecule has 0 amide bonds. The summed E-state index contributed by atoms with van der Waals surface area (Å²) >= 11 is 0. The summed E-state index contributed by atoms with van der Waals surface area (Å²) in [7, 11) is 0. The molecule has 2 unspecified atom stereocenters. The van der Waals surface area contributed by atoms with E-state index in [2.05, 4.69) is 19.2 Å². The van der Waals surface area contributed by atoms with E-state index in [0.29, 0.717) is 11.8 Å². The molecule has 0 bridgehead atoms. The summed E-state index contributed by atoms with van der Waals surface area (Å²) in [6.45, 7) is 6.20. The molecule has 0 aliphatic heterocycles. The van der Waals surface area contributed by atoms with Crippen LogP contribution in [0.4, 0.5) is 0 Å². The lowest BCUT2D eigenvalue weighted by atomic mass is 9.79. The first-order valence-electron chi connectivity index (χ1n) is 6.04. The summed E-state index contributed by atoms with van der Waals surface area (Å²) in [5.41, 5.74) is 0. The molecule has 3 nitrogen and oxygen atoms in total. The van der Waals surface area contributed by atoms with E-state index < -0.39 is 5.97 Å². The summed E-state index contributed by atoms with van der Waals surface area (Å²) in [4.78, 5) is 11.0. The highest BCUT2D eigenvalue weighted by molar-refractivity contribution is 5.70. The molecule has 0 heterocycles. The van der Waals surface area contributed by atoms with Gasteiger partial charge >= 0.3 is 5.97 Å². The van der Waals surface area contributed by atoms with Gasteiger partial charge in [0, 0.05) is 0 Å². The number of rotatable bonds is 5. The Bertz CT molecular complexity index is 204. The maximum Gasteiger partial charge on any atom is 0.306 e. The Kier molecular flexibility index (Phi) is 5.09. The minimum atomic E-state index is -0.606. The predicted octanol–water partition coefficient (Wildman–Crippen LogP) is 2.12. The maximum absolute atomic E-state index is 11.0. The van der Waals surface area contributed by atoms with Gasteiger partial charge in [0.05, 0.1) is 5.92 Å². The van der Waals surface area contributed by atoms with Crippen molar-refractivity contribution in [1.29, 1.82) is 0 Å². The van der Waals surface area contributed by atoms with Crippen molar-refractivity contribution in [1.82, 2.24) is 5.32 Å². The Balaban J connectivity index is 2.33. The Morgan fingerprint density at radius 3 is 2.67 bits per heavy atom. The topological polar surface area (TPSA) is 49.3 Å². The Morgan fingerprint density at radius 2 is 2.07 bits per heavy atom. The van der Waals surface area contributed by atoms with Crippen LogP contribution in [0.5, 0.6) is 0 Å². The molecule has 88 valence electrons. The van der Waals surface area contributed by atoms with Crippen molar-refractivity contribution >= 4 is 5.97 Å². The number of hydrogen-bond donors (Lipinski definition) is 2. The Hall–Kier alpha value is -0.570. The van der Waals surface area contributed by atoms with Gasteiger partial charge in [-0.2, -0.15) is 0 Å². The van der Waals surface area contributed by atoms with Gasteiger partial charge in [0.1, 0.15) is 0 Å². The second-order valence-corrected chi connectivity index (χ2v) is 5.04. The fourth-order valence-electron chi connectivity index (χ4n) is 2.33. The molecular weight excluding hydrogens is 190 g/mol. The van der Waals surface area contributed by atoms with Crippen LogP contribution in [-0.2, 0) is 4.79 Å². The molecule has 0 saturated heterocycles. The lowest BCUT2D eigenvalue weighted by molar-refractivity contribution is -0.144. The van der Waals surface area contributed by atoms with Crippen LogP contribution < -0.4 is 5.32 Å². The first-order valence-corrected chi connectivity index (χ1v) is 6.04. The molecule has 0 spiro atoms. The van der Waals surface area contributed by atoms with Crippen molar-refractivity contribution in [3.8, 4) is 0 Å². The molecular formula is C12H23NO2. The molecule has 0 aromatic heterocycles. The average molecular weight is 213 g/mol.